The first-order valence-corrected chi connectivity index (χ1v) is 7.99. The molecule has 0 aliphatic rings. The number of hydrogen-bond acceptors (Lipinski definition) is 4. The van der Waals surface area contributed by atoms with Crippen LogP contribution in [-0.2, 0) is 11.3 Å². The number of likely N-dealkylation sites (N-methyl/N-ethyl adjacent to an activating group) is 1. The van der Waals surface area contributed by atoms with Gasteiger partial charge in [-0.05, 0) is 40.4 Å². The molecule has 0 aromatic carbocycles. The van der Waals surface area contributed by atoms with Crippen LogP contribution in [0.1, 0.15) is 38.4 Å². The Morgan fingerprint density at radius 1 is 1.43 bits per heavy atom. The Hall–Kier alpha value is -0.620. The van der Waals surface area contributed by atoms with E-state index in [9.17, 15) is 0 Å². The third-order valence-electron chi connectivity index (χ3n) is 3.64. The van der Waals surface area contributed by atoms with E-state index in [1.807, 2.05) is 4.68 Å². The number of halogens is 1. The van der Waals surface area contributed by atoms with Crippen molar-refractivity contribution in [2.75, 3.05) is 34.3 Å². The molecule has 0 fully saturated rings. The van der Waals surface area contributed by atoms with Gasteiger partial charge in [0, 0.05) is 13.7 Å². The number of hydrogen-bond donors (Lipinski definition) is 1. The van der Waals surface area contributed by atoms with E-state index < -0.39 is 0 Å². The van der Waals surface area contributed by atoms with Crippen molar-refractivity contribution in [1.82, 2.24) is 20.0 Å². The maximum atomic E-state index is 6.37. The fraction of sp³-hybridized carbons (Fsp3) is 0.800. The summed E-state index contributed by atoms with van der Waals surface area (Å²) in [6, 6.07) is 0.213. The molecule has 2 atom stereocenters. The fourth-order valence-corrected chi connectivity index (χ4v) is 2.57. The van der Waals surface area contributed by atoms with Gasteiger partial charge in [0.2, 0.25) is 0 Å². The van der Waals surface area contributed by atoms with Crippen LogP contribution in [0.3, 0.4) is 0 Å². The molecule has 0 saturated heterocycles. The van der Waals surface area contributed by atoms with Crippen LogP contribution >= 0.6 is 11.6 Å². The van der Waals surface area contributed by atoms with Gasteiger partial charge in [-0.3, -0.25) is 4.68 Å². The van der Waals surface area contributed by atoms with E-state index in [4.69, 9.17) is 16.3 Å². The average molecular weight is 317 g/mol. The van der Waals surface area contributed by atoms with Crippen molar-refractivity contribution in [3.63, 3.8) is 0 Å². The van der Waals surface area contributed by atoms with E-state index in [-0.39, 0.29) is 12.1 Å². The van der Waals surface area contributed by atoms with E-state index in [0.29, 0.717) is 0 Å². The van der Waals surface area contributed by atoms with Gasteiger partial charge in [-0.2, -0.15) is 5.10 Å². The predicted molar refractivity (Wildman–Crippen MR) is 87.9 cm³/mol. The molecule has 21 heavy (non-hydrogen) atoms. The van der Waals surface area contributed by atoms with Gasteiger partial charge in [0.1, 0.15) is 0 Å². The van der Waals surface area contributed by atoms with Gasteiger partial charge in [0.25, 0.3) is 0 Å². The minimum absolute atomic E-state index is 0.213. The lowest BCUT2D eigenvalue weighted by Gasteiger charge is -2.22. The quantitative estimate of drug-likeness (QED) is 0.720. The van der Waals surface area contributed by atoms with Crippen LogP contribution in [0.2, 0.25) is 5.02 Å². The number of nitrogens with one attached hydrogen (secondary N) is 1. The minimum atomic E-state index is 0.213. The van der Waals surface area contributed by atoms with Gasteiger partial charge >= 0.3 is 0 Å². The van der Waals surface area contributed by atoms with Crippen molar-refractivity contribution in [1.29, 1.82) is 0 Å². The molecule has 0 aliphatic heterocycles. The zero-order chi connectivity index (χ0) is 15.8. The SMILES string of the molecule is CCNC(CCC(C)OC)c1c(Cl)cnn1CCN(C)C. The van der Waals surface area contributed by atoms with Crippen LogP contribution in [0.5, 0.6) is 0 Å². The number of nitrogens with zero attached hydrogens (tertiary/aromatic N) is 3. The molecule has 0 saturated carbocycles. The lowest BCUT2D eigenvalue weighted by Crippen LogP contribution is -2.27. The number of aromatic nitrogens is 2. The van der Waals surface area contributed by atoms with Crippen LogP contribution in [-0.4, -0.2) is 55.1 Å². The van der Waals surface area contributed by atoms with Gasteiger partial charge < -0.3 is 15.0 Å². The van der Waals surface area contributed by atoms with E-state index in [1.54, 1.807) is 13.3 Å². The van der Waals surface area contributed by atoms with Crippen LogP contribution in [0, 0.1) is 0 Å². The summed E-state index contributed by atoms with van der Waals surface area (Å²) >= 11 is 6.37. The molecule has 2 unspecified atom stereocenters. The largest absolute Gasteiger partial charge is 0.382 e. The second-order valence-electron chi connectivity index (χ2n) is 5.64. The fourth-order valence-electron chi connectivity index (χ4n) is 2.29. The number of rotatable bonds is 10. The Morgan fingerprint density at radius 3 is 2.71 bits per heavy atom. The Kier molecular flexibility index (Phi) is 8.26. The summed E-state index contributed by atoms with van der Waals surface area (Å²) in [6.45, 7) is 6.89. The third kappa shape index (κ3) is 5.94. The molecule has 0 aliphatic carbocycles. The molecular formula is C15H29ClN4O. The maximum Gasteiger partial charge on any atom is 0.0834 e. The molecule has 1 rings (SSSR count). The van der Waals surface area contributed by atoms with Crippen molar-refractivity contribution >= 4 is 11.6 Å². The zero-order valence-corrected chi connectivity index (χ0v) is 14.7. The van der Waals surface area contributed by atoms with Crippen LogP contribution in [0.4, 0.5) is 0 Å². The highest BCUT2D eigenvalue weighted by atomic mass is 35.5. The zero-order valence-electron chi connectivity index (χ0n) is 13.9. The van der Waals surface area contributed by atoms with Gasteiger partial charge in [0.15, 0.2) is 0 Å². The molecule has 0 radical (unpaired) electrons. The van der Waals surface area contributed by atoms with Gasteiger partial charge in [-0.1, -0.05) is 18.5 Å². The van der Waals surface area contributed by atoms with Crippen LogP contribution in [0.25, 0.3) is 0 Å². The Bertz CT molecular complexity index is 408. The summed E-state index contributed by atoms with van der Waals surface area (Å²) in [5, 5.41) is 8.68. The molecule has 1 aromatic rings. The van der Waals surface area contributed by atoms with Crippen molar-refractivity contribution in [2.45, 2.75) is 45.4 Å². The lowest BCUT2D eigenvalue weighted by molar-refractivity contribution is 0.106. The molecule has 0 bridgehead atoms. The second kappa shape index (κ2) is 9.41. The molecule has 0 amide bonds. The summed E-state index contributed by atoms with van der Waals surface area (Å²) in [4.78, 5) is 2.15. The Morgan fingerprint density at radius 2 is 2.14 bits per heavy atom. The molecular weight excluding hydrogens is 288 g/mol. The summed E-state index contributed by atoms with van der Waals surface area (Å²) in [7, 11) is 5.88. The molecule has 1 heterocycles. The molecule has 1 N–H and O–H groups in total. The Labute approximate surface area is 133 Å². The highest BCUT2D eigenvalue weighted by molar-refractivity contribution is 6.31. The van der Waals surface area contributed by atoms with Gasteiger partial charge in [0.05, 0.1) is 35.6 Å². The standard InChI is InChI=1S/C15H29ClN4O/c1-6-17-14(8-7-12(2)21-5)15-13(16)11-18-20(15)10-9-19(3)4/h11-12,14,17H,6-10H2,1-5H3. The van der Waals surface area contributed by atoms with Crippen LogP contribution < -0.4 is 5.32 Å². The molecule has 1 aromatic heterocycles. The molecule has 0 spiro atoms. The number of methoxy groups -OCH3 is 1. The number of ether oxygens (including phenoxy) is 1. The monoisotopic (exact) mass is 316 g/mol. The van der Waals surface area contributed by atoms with E-state index in [1.165, 1.54) is 0 Å². The summed E-state index contributed by atoms with van der Waals surface area (Å²) in [6.07, 6.45) is 3.97. The van der Waals surface area contributed by atoms with Crippen molar-refractivity contribution in [2.24, 2.45) is 0 Å². The third-order valence-corrected chi connectivity index (χ3v) is 3.93. The van der Waals surface area contributed by atoms with Crippen molar-refractivity contribution < 1.29 is 4.74 Å². The topological polar surface area (TPSA) is 42.3 Å². The second-order valence-corrected chi connectivity index (χ2v) is 6.05. The predicted octanol–water partition coefficient (Wildman–Crippen LogP) is 2.56. The Balaban J connectivity index is 2.82. The summed E-state index contributed by atoms with van der Waals surface area (Å²) in [5.74, 6) is 0. The van der Waals surface area contributed by atoms with Gasteiger partial charge in [-0.25, -0.2) is 0 Å². The maximum absolute atomic E-state index is 6.37. The van der Waals surface area contributed by atoms with Crippen LogP contribution in [0.15, 0.2) is 6.20 Å². The first-order chi connectivity index (χ1) is 9.99. The molecule has 122 valence electrons. The molecule has 6 heteroatoms. The average Bonchev–Trinajstić information content (AvgIpc) is 2.81. The smallest absolute Gasteiger partial charge is 0.0834 e. The normalized spacial score (nSPS) is 14.6. The first-order valence-electron chi connectivity index (χ1n) is 7.61. The van der Waals surface area contributed by atoms with E-state index >= 15 is 0 Å². The van der Waals surface area contributed by atoms with Crippen molar-refractivity contribution in [3.05, 3.63) is 16.9 Å². The highest BCUT2D eigenvalue weighted by Gasteiger charge is 2.20. The van der Waals surface area contributed by atoms with E-state index in [2.05, 4.69) is 43.3 Å². The highest BCUT2D eigenvalue weighted by Crippen LogP contribution is 2.27. The summed E-state index contributed by atoms with van der Waals surface area (Å²) < 4.78 is 7.37. The minimum Gasteiger partial charge on any atom is -0.382 e. The van der Waals surface area contributed by atoms with Crippen molar-refractivity contribution in [3.8, 4) is 0 Å². The lowest BCUT2D eigenvalue weighted by atomic mass is 10.1. The molecule has 5 nitrogen and oxygen atoms in total. The van der Waals surface area contributed by atoms with Gasteiger partial charge in [-0.15, -0.1) is 0 Å². The first kappa shape index (κ1) is 18.4. The van der Waals surface area contributed by atoms with E-state index in [0.717, 1.165) is 43.2 Å². The summed E-state index contributed by atoms with van der Waals surface area (Å²) in [5.41, 5.74) is 1.09.